The first kappa shape index (κ1) is 11.0. The van der Waals surface area contributed by atoms with Crippen LogP contribution in [0.25, 0.3) is 0 Å². The highest BCUT2D eigenvalue weighted by Crippen LogP contribution is 2.16. The van der Waals surface area contributed by atoms with Crippen molar-refractivity contribution in [3.8, 4) is 0 Å². The molecule has 0 saturated carbocycles. The van der Waals surface area contributed by atoms with Gasteiger partial charge in [0, 0.05) is 12.1 Å². The van der Waals surface area contributed by atoms with Gasteiger partial charge in [0.1, 0.15) is 0 Å². The van der Waals surface area contributed by atoms with Crippen LogP contribution in [0.2, 0.25) is 5.02 Å². The van der Waals surface area contributed by atoms with Crippen LogP contribution in [0.3, 0.4) is 0 Å². The number of amides is 1. The third kappa shape index (κ3) is 2.72. The largest absolute Gasteiger partial charge is 0.358 e. The van der Waals surface area contributed by atoms with Gasteiger partial charge in [-0.3, -0.25) is 4.79 Å². The Morgan fingerprint density at radius 1 is 1.57 bits per heavy atom. The van der Waals surface area contributed by atoms with Crippen LogP contribution >= 0.6 is 11.6 Å². The number of likely N-dealkylation sites (N-methyl/N-ethyl adjacent to an activating group) is 1. The van der Waals surface area contributed by atoms with Crippen molar-refractivity contribution >= 4 is 17.5 Å². The molecule has 1 amide bonds. The molecule has 1 atom stereocenters. The highest BCUT2D eigenvalue weighted by Gasteiger charge is 2.13. The van der Waals surface area contributed by atoms with Gasteiger partial charge in [-0.2, -0.15) is 0 Å². The molecule has 0 fully saturated rings. The molecular formula is C10H13ClN2O. The predicted octanol–water partition coefficient (Wildman–Crippen LogP) is 0.956. The molecule has 0 aliphatic rings. The van der Waals surface area contributed by atoms with Crippen LogP contribution in [-0.2, 0) is 11.2 Å². The molecule has 14 heavy (non-hydrogen) atoms. The van der Waals surface area contributed by atoms with E-state index in [1.807, 2.05) is 18.2 Å². The molecule has 0 aliphatic carbocycles. The molecule has 1 aromatic carbocycles. The summed E-state index contributed by atoms with van der Waals surface area (Å²) in [4.78, 5) is 11.1. The quantitative estimate of drug-likeness (QED) is 0.784. The van der Waals surface area contributed by atoms with Crippen molar-refractivity contribution in [3.63, 3.8) is 0 Å². The SMILES string of the molecule is CNC(=O)C(N)Cc1ccccc1Cl. The molecule has 4 heteroatoms. The van der Waals surface area contributed by atoms with Gasteiger partial charge in [0.25, 0.3) is 0 Å². The second-order valence-electron chi connectivity index (χ2n) is 3.02. The number of hydrogen-bond donors (Lipinski definition) is 2. The van der Waals surface area contributed by atoms with E-state index in [0.29, 0.717) is 11.4 Å². The normalized spacial score (nSPS) is 12.2. The second kappa shape index (κ2) is 4.98. The summed E-state index contributed by atoms with van der Waals surface area (Å²) in [7, 11) is 1.56. The van der Waals surface area contributed by atoms with Crippen molar-refractivity contribution in [2.24, 2.45) is 5.73 Å². The highest BCUT2D eigenvalue weighted by molar-refractivity contribution is 6.31. The van der Waals surface area contributed by atoms with E-state index in [-0.39, 0.29) is 5.91 Å². The molecule has 3 N–H and O–H groups in total. The Kier molecular flexibility index (Phi) is 3.92. The Morgan fingerprint density at radius 3 is 2.79 bits per heavy atom. The topological polar surface area (TPSA) is 55.1 Å². The van der Waals surface area contributed by atoms with Crippen molar-refractivity contribution in [1.29, 1.82) is 0 Å². The van der Waals surface area contributed by atoms with Gasteiger partial charge < -0.3 is 11.1 Å². The molecule has 0 aliphatic heterocycles. The van der Waals surface area contributed by atoms with Crippen molar-refractivity contribution < 1.29 is 4.79 Å². The van der Waals surface area contributed by atoms with Crippen LogP contribution in [0, 0.1) is 0 Å². The fourth-order valence-corrected chi connectivity index (χ4v) is 1.39. The molecule has 1 unspecified atom stereocenters. The lowest BCUT2D eigenvalue weighted by molar-refractivity contribution is -0.121. The summed E-state index contributed by atoms with van der Waals surface area (Å²) in [6.07, 6.45) is 0.458. The lowest BCUT2D eigenvalue weighted by Crippen LogP contribution is -2.40. The summed E-state index contributed by atoms with van der Waals surface area (Å²) in [5.74, 6) is -0.176. The number of carbonyl (C=O) groups is 1. The highest BCUT2D eigenvalue weighted by atomic mass is 35.5. The van der Waals surface area contributed by atoms with Crippen molar-refractivity contribution in [2.45, 2.75) is 12.5 Å². The number of carbonyl (C=O) groups excluding carboxylic acids is 1. The zero-order valence-electron chi connectivity index (χ0n) is 7.96. The fourth-order valence-electron chi connectivity index (χ4n) is 1.18. The molecule has 0 spiro atoms. The maximum absolute atomic E-state index is 11.1. The standard InChI is InChI=1S/C10H13ClN2O/c1-13-10(14)9(12)6-7-4-2-3-5-8(7)11/h2-5,9H,6,12H2,1H3,(H,13,14). The number of halogens is 1. The maximum Gasteiger partial charge on any atom is 0.237 e. The van der Waals surface area contributed by atoms with Crippen LogP contribution in [0.4, 0.5) is 0 Å². The van der Waals surface area contributed by atoms with E-state index in [1.165, 1.54) is 0 Å². The minimum atomic E-state index is -0.542. The number of benzene rings is 1. The number of rotatable bonds is 3. The third-order valence-electron chi connectivity index (χ3n) is 1.98. The molecule has 76 valence electrons. The summed E-state index contributed by atoms with van der Waals surface area (Å²) in [6, 6.07) is 6.83. The Labute approximate surface area is 88.2 Å². The molecule has 3 nitrogen and oxygen atoms in total. The fraction of sp³-hybridized carbons (Fsp3) is 0.300. The molecule has 1 aromatic rings. The van der Waals surface area contributed by atoms with E-state index in [1.54, 1.807) is 13.1 Å². The van der Waals surface area contributed by atoms with Gasteiger partial charge in [-0.1, -0.05) is 29.8 Å². The van der Waals surface area contributed by atoms with Crippen LogP contribution in [-0.4, -0.2) is 19.0 Å². The smallest absolute Gasteiger partial charge is 0.237 e. The van der Waals surface area contributed by atoms with Gasteiger partial charge >= 0.3 is 0 Å². The molecule has 0 radical (unpaired) electrons. The number of nitrogens with two attached hydrogens (primary N) is 1. The average Bonchev–Trinajstić information content (AvgIpc) is 2.20. The van der Waals surface area contributed by atoms with Crippen LogP contribution < -0.4 is 11.1 Å². The van der Waals surface area contributed by atoms with Crippen LogP contribution in [0.5, 0.6) is 0 Å². The number of nitrogens with one attached hydrogen (secondary N) is 1. The van der Waals surface area contributed by atoms with Gasteiger partial charge in [0.05, 0.1) is 6.04 Å². The Balaban J connectivity index is 2.69. The van der Waals surface area contributed by atoms with Crippen LogP contribution in [0.1, 0.15) is 5.56 Å². The molecular weight excluding hydrogens is 200 g/mol. The Morgan fingerprint density at radius 2 is 2.21 bits per heavy atom. The number of hydrogen-bond acceptors (Lipinski definition) is 2. The van der Waals surface area contributed by atoms with E-state index >= 15 is 0 Å². The van der Waals surface area contributed by atoms with Gasteiger partial charge in [-0.05, 0) is 18.1 Å². The Hall–Kier alpha value is -1.06. The van der Waals surface area contributed by atoms with E-state index in [4.69, 9.17) is 17.3 Å². The minimum Gasteiger partial charge on any atom is -0.358 e. The summed E-state index contributed by atoms with van der Waals surface area (Å²) < 4.78 is 0. The molecule has 1 rings (SSSR count). The third-order valence-corrected chi connectivity index (χ3v) is 2.35. The lowest BCUT2D eigenvalue weighted by atomic mass is 10.1. The summed E-state index contributed by atoms with van der Waals surface area (Å²) in [5.41, 5.74) is 6.55. The summed E-state index contributed by atoms with van der Waals surface area (Å²) >= 11 is 5.93. The van der Waals surface area contributed by atoms with Gasteiger partial charge in [0.2, 0.25) is 5.91 Å². The molecule has 0 bridgehead atoms. The zero-order chi connectivity index (χ0) is 10.6. The summed E-state index contributed by atoms with van der Waals surface area (Å²) in [6.45, 7) is 0. The van der Waals surface area contributed by atoms with Gasteiger partial charge in [0.15, 0.2) is 0 Å². The first-order chi connectivity index (χ1) is 6.65. The van der Waals surface area contributed by atoms with Crippen molar-refractivity contribution in [2.75, 3.05) is 7.05 Å². The summed E-state index contributed by atoms with van der Waals surface area (Å²) in [5, 5.41) is 3.14. The first-order valence-electron chi connectivity index (χ1n) is 4.35. The van der Waals surface area contributed by atoms with Crippen molar-refractivity contribution in [3.05, 3.63) is 34.9 Å². The Bertz CT molecular complexity index is 328. The first-order valence-corrected chi connectivity index (χ1v) is 4.73. The minimum absolute atomic E-state index is 0.176. The van der Waals surface area contributed by atoms with E-state index in [0.717, 1.165) is 5.56 Å². The molecule has 0 heterocycles. The van der Waals surface area contributed by atoms with Crippen molar-refractivity contribution in [1.82, 2.24) is 5.32 Å². The molecule has 0 aromatic heterocycles. The molecule has 0 saturated heterocycles. The second-order valence-corrected chi connectivity index (χ2v) is 3.42. The van der Waals surface area contributed by atoms with Gasteiger partial charge in [-0.15, -0.1) is 0 Å². The van der Waals surface area contributed by atoms with E-state index in [9.17, 15) is 4.79 Å². The van der Waals surface area contributed by atoms with Crippen LogP contribution in [0.15, 0.2) is 24.3 Å². The van der Waals surface area contributed by atoms with E-state index < -0.39 is 6.04 Å². The monoisotopic (exact) mass is 212 g/mol. The van der Waals surface area contributed by atoms with Gasteiger partial charge in [-0.25, -0.2) is 0 Å². The lowest BCUT2D eigenvalue weighted by Gasteiger charge is -2.10. The van der Waals surface area contributed by atoms with E-state index in [2.05, 4.69) is 5.32 Å². The average molecular weight is 213 g/mol. The maximum atomic E-state index is 11.1. The predicted molar refractivity (Wildman–Crippen MR) is 57.2 cm³/mol. The zero-order valence-corrected chi connectivity index (χ0v) is 8.71.